The quantitative estimate of drug-likeness (QED) is 0.361. The van der Waals surface area contributed by atoms with Crippen LogP contribution in [0.3, 0.4) is 0 Å². The Hall–Kier alpha value is -3.71. The Kier molecular flexibility index (Phi) is 6.18. The van der Waals surface area contributed by atoms with Crippen LogP contribution in [0.4, 0.5) is 16.0 Å². The number of ether oxygens (including phenoxy) is 1. The second-order valence-corrected chi connectivity index (χ2v) is 7.80. The number of carbonyl (C=O) groups excluding carboxylic acids is 1. The molecule has 0 saturated carbocycles. The number of amides is 1. The summed E-state index contributed by atoms with van der Waals surface area (Å²) in [6.45, 7) is 4.00. The van der Waals surface area contributed by atoms with Crippen LogP contribution in [0.1, 0.15) is 24.2 Å². The largest absolute Gasteiger partial charge is 0.439 e. The van der Waals surface area contributed by atoms with Crippen LogP contribution >= 0.6 is 11.6 Å². The zero-order chi connectivity index (χ0) is 22.7. The fourth-order valence-corrected chi connectivity index (χ4v) is 3.32. The van der Waals surface area contributed by atoms with Gasteiger partial charge in [-0.05, 0) is 67.1 Å². The van der Waals surface area contributed by atoms with E-state index in [0.29, 0.717) is 28.8 Å². The third-order valence-corrected chi connectivity index (χ3v) is 4.83. The van der Waals surface area contributed by atoms with Crippen LogP contribution < -0.4 is 15.4 Å². The Labute approximate surface area is 189 Å². The molecule has 4 aromatic rings. The zero-order valence-electron chi connectivity index (χ0n) is 17.4. The van der Waals surface area contributed by atoms with Crippen molar-refractivity contribution in [2.24, 2.45) is 0 Å². The molecular formula is C24H20ClFN4O2. The van der Waals surface area contributed by atoms with Gasteiger partial charge >= 0.3 is 0 Å². The number of nitrogens with zero attached hydrogens (tertiary/aromatic N) is 2. The van der Waals surface area contributed by atoms with E-state index in [2.05, 4.69) is 20.6 Å². The molecule has 3 aromatic carbocycles. The van der Waals surface area contributed by atoms with Crippen molar-refractivity contribution in [3.63, 3.8) is 0 Å². The number of nitrogens with one attached hydrogen (secondary N) is 2. The minimum Gasteiger partial charge on any atom is -0.439 e. The molecule has 8 heteroatoms. The third kappa shape index (κ3) is 4.95. The van der Waals surface area contributed by atoms with E-state index in [0.717, 1.165) is 10.8 Å². The normalized spacial score (nSPS) is 10.9. The highest BCUT2D eigenvalue weighted by Crippen LogP contribution is 2.28. The first-order valence-corrected chi connectivity index (χ1v) is 10.3. The van der Waals surface area contributed by atoms with Gasteiger partial charge in [0.05, 0.1) is 5.02 Å². The second-order valence-electron chi connectivity index (χ2n) is 7.39. The van der Waals surface area contributed by atoms with E-state index in [1.165, 1.54) is 18.2 Å². The fourth-order valence-electron chi connectivity index (χ4n) is 3.14. The van der Waals surface area contributed by atoms with Gasteiger partial charge in [-0.2, -0.15) is 4.98 Å². The molecule has 1 heterocycles. The van der Waals surface area contributed by atoms with Crippen molar-refractivity contribution in [2.45, 2.75) is 19.9 Å². The van der Waals surface area contributed by atoms with Crippen LogP contribution in [0, 0.1) is 5.82 Å². The average Bonchev–Trinajstić information content (AvgIpc) is 2.75. The molecule has 0 atom stereocenters. The standard InChI is InChI=1S/C24H20ClFN4O2/c1-14(2)28-24-27-11-10-22(30-24)32-17-7-8-18-15(12-17)4-3-5-19(18)23(31)29-16-6-9-21(26)20(25)13-16/h3-14H,1-2H3,(H,29,31)(H,27,28,30). The van der Waals surface area contributed by atoms with Crippen LogP contribution in [0.25, 0.3) is 10.8 Å². The van der Waals surface area contributed by atoms with Crippen molar-refractivity contribution < 1.29 is 13.9 Å². The maximum Gasteiger partial charge on any atom is 0.256 e. The van der Waals surface area contributed by atoms with Crippen molar-refractivity contribution in [1.82, 2.24) is 9.97 Å². The van der Waals surface area contributed by atoms with Gasteiger partial charge in [-0.25, -0.2) is 9.37 Å². The number of fused-ring (bicyclic) bond motifs is 1. The molecule has 6 nitrogen and oxygen atoms in total. The lowest BCUT2D eigenvalue weighted by Gasteiger charge is -2.11. The summed E-state index contributed by atoms with van der Waals surface area (Å²) in [6.07, 6.45) is 1.62. The van der Waals surface area contributed by atoms with E-state index in [1.807, 2.05) is 32.0 Å². The molecule has 1 amide bonds. The molecule has 1 aromatic heterocycles. The second kappa shape index (κ2) is 9.20. The van der Waals surface area contributed by atoms with Gasteiger partial charge in [-0.1, -0.05) is 23.7 Å². The Morgan fingerprint density at radius 1 is 1.09 bits per heavy atom. The molecule has 0 spiro atoms. The molecule has 0 aliphatic heterocycles. The van der Waals surface area contributed by atoms with Crippen LogP contribution in [0.15, 0.2) is 66.9 Å². The number of carbonyl (C=O) groups is 1. The van der Waals surface area contributed by atoms with Gasteiger partial charge in [-0.15, -0.1) is 0 Å². The molecule has 0 saturated heterocycles. The SMILES string of the molecule is CC(C)Nc1nccc(Oc2ccc3c(C(=O)Nc4ccc(F)c(Cl)c4)cccc3c2)n1. The number of hydrogen-bond donors (Lipinski definition) is 2. The minimum absolute atomic E-state index is 0.0565. The summed E-state index contributed by atoms with van der Waals surface area (Å²) in [6, 6.07) is 16.7. The smallest absolute Gasteiger partial charge is 0.256 e. The van der Waals surface area contributed by atoms with Crippen LogP contribution in [0.5, 0.6) is 11.6 Å². The Bertz CT molecular complexity index is 1300. The molecule has 162 valence electrons. The van der Waals surface area contributed by atoms with Gasteiger partial charge in [0, 0.05) is 29.6 Å². The molecule has 4 rings (SSSR count). The summed E-state index contributed by atoms with van der Waals surface area (Å²) >= 11 is 5.80. The van der Waals surface area contributed by atoms with E-state index in [4.69, 9.17) is 16.3 Å². The van der Waals surface area contributed by atoms with Crippen molar-refractivity contribution in [2.75, 3.05) is 10.6 Å². The van der Waals surface area contributed by atoms with Gasteiger partial charge in [0.1, 0.15) is 11.6 Å². The van der Waals surface area contributed by atoms with Gasteiger partial charge < -0.3 is 15.4 Å². The monoisotopic (exact) mass is 450 g/mol. The number of benzene rings is 3. The molecular weight excluding hydrogens is 431 g/mol. The van der Waals surface area contributed by atoms with Crippen LogP contribution in [-0.2, 0) is 0 Å². The van der Waals surface area contributed by atoms with E-state index >= 15 is 0 Å². The lowest BCUT2D eigenvalue weighted by Crippen LogP contribution is -2.12. The lowest BCUT2D eigenvalue weighted by molar-refractivity contribution is 0.102. The van der Waals surface area contributed by atoms with Crippen molar-refractivity contribution in [1.29, 1.82) is 0 Å². The van der Waals surface area contributed by atoms with Gasteiger partial charge in [0.25, 0.3) is 5.91 Å². The summed E-state index contributed by atoms with van der Waals surface area (Å²) < 4.78 is 19.3. The average molecular weight is 451 g/mol. The lowest BCUT2D eigenvalue weighted by atomic mass is 10.0. The molecule has 0 aliphatic carbocycles. The van der Waals surface area contributed by atoms with Crippen molar-refractivity contribution in [3.8, 4) is 11.6 Å². The molecule has 2 N–H and O–H groups in total. The molecule has 0 radical (unpaired) electrons. The summed E-state index contributed by atoms with van der Waals surface area (Å²) in [4.78, 5) is 21.3. The number of rotatable bonds is 6. The van der Waals surface area contributed by atoms with Crippen LogP contribution in [-0.4, -0.2) is 21.9 Å². The topological polar surface area (TPSA) is 76.1 Å². The minimum atomic E-state index is -0.543. The number of aromatic nitrogens is 2. The Morgan fingerprint density at radius 3 is 2.72 bits per heavy atom. The summed E-state index contributed by atoms with van der Waals surface area (Å²) in [5, 5.41) is 7.39. The molecule has 0 fully saturated rings. The predicted molar refractivity (Wildman–Crippen MR) is 124 cm³/mol. The number of hydrogen-bond acceptors (Lipinski definition) is 5. The van der Waals surface area contributed by atoms with E-state index in [-0.39, 0.29) is 17.0 Å². The van der Waals surface area contributed by atoms with Crippen LogP contribution in [0.2, 0.25) is 5.02 Å². The maximum absolute atomic E-state index is 13.4. The zero-order valence-corrected chi connectivity index (χ0v) is 18.2. The summed E-state index contributed by atoms with van der Waals surface area (Å²) in [5.74, 6) is 0.600. The van der Waals surface area contributed by atoms with E-state index < -0.39 is 5.82 Å². The Morgan fingerprint density at radius 2 is 1.94 bits per heavy atom. The molecule has 0 aliphatic rings. The van der Waals surface area contributed by atoms with Gasteiger partial charge in [-0.3, -0.25) is 4.79 Å². The molecule has 0 unspecified atom stereocenters. The first-order chi connectivity index (χ1) is 15.4. The highest BCUT2D eigenvalue weighted by Gasteiger charge is 2.12. The maximum atomic E-state index is 13.4. The van der Waals surface area contributed by atoms with Gasteiger partial charge in [0.15, 0.2) is 0 Å². The summed E-state index contributed by atoms with van der Waals surface area (Å²) in [5.41, 5.74) is 0.882. The highest BCUT2D eigenvalue weighted by atomic mass is 35.5. The van der Waals surface area contributed by atoms with E-state index in [9.17, 15) is 9.18 Å². The van der Waals surface area contributed by atoms with Gasteiger partial charge in [0.2, 0.25) is 11.8 Å². The first-order valence-electron chi connectivity index (χ1n) is 9.95. The number of anilines is 2. The molecule has 0 bridgehead atoms. The number of halogens is 2. The highest BCUT2D eigenvalue weighted by molar-refractivity contribution is 6.31. The fraction of sp³-hybridized carbons (Fsp3) is 0.125. The van der Waals surface area contributed by atoms with Crippen molar-refractivity contribution in [3.05, 3.63) is 83.3 Å². The predicted octanol–water partition coefficient (Wildman–Crippen LogP) is 6.29. The molecule has 32 heavy (non-hydrogen) atoms. The summed E-state index contributed by atoms with van der Waals surface area (Å²) in [7, 11) is 0. The first kappa shape index (κ1) is 21.5. The Balaban J connectivity index is 1.57. The third-order valence-electron chi connectivity index (χ3n) is 4.54. The van der Waals surface area contributed by atoms with E-state index in [1.54, 1.807) is 30.5 Å². The van der Waals surface area contributed by atoms with Crippen molar-refractivity contribution >= 4 is 39.9 Å².